The van der Waals surface area contributed by atoms with Gasteiger partial charge in [-0.1, -0.05) is 24.0 Å². The smallest absolute Gasteiger partial charge is 0.128 e. The minimum atomic E-state index is -0.445. The zero-order valence-corrected chi connectivity index (χ0v) is 11.3. The fourth-order valence-electron chi connectivity index (χ4n) is 1.69. The van der Waals surface area contributed by atoms with Gasteiger partial charge in [0.15, 0.2) is 0 Å². The topological polar surface area (TPSA) is 29.5 Å². The molecule has 2 nitrogen and oxygen atoms in total. The Balaban J connectivity index is 2.06. The molecule has 108 valence electrons. The van der Waals surface area contributed by atoms with E-state index in [1.54, 1.807) is 18.2 Å². The van der Waals surface area contributed by atoms with Crippen LogP contribution in [0.5, 0.6) is 5.75 Å². The lowest BCUT2D eigenvalue weighted by Gasteiger charge is -2.07. The third-order valence-corrected chi connectivity index (χ3v) is 2.66. The van der Waals surface area contributed by atoms with Crippen LogP contribution in [0.4, 0.5) is 8.78 Å². The molecule has 21 heavy (non-hydrogen) atoms. The van der Waals surface area contributed by atoms with Gasteiger partial charge in [-0.25, -0.2) is 8.78 Å². The summed E-state index contributed by atoms with van der Waals surface area (Å²) in [6.07, 6.45) is 0.336. The summed E-state index contributed by atoms with van der Waals surface area (Å²) in [5.74, 6) is 5.07. The maximum Gasteiger partial charge on any atom is 0.128 e. The van der Waals surface area contributed by atoms with Crippen molar-refractivity contribution in [2.75, 3.05) is 6.61 Å². The van der Waals surface area contributed by atoms with E-state index in [0.29, 0.717) is 17.7 Å². The number of benzene rings is 2. The molecular weight excluding hydrogens is 274 g/mol. The van der Waals surface area contributed by atoms with Gasteiger partial charge >= 0.3 is 0 Å². The zero-order chi connectivity index (χ0) is 15.1. The first-order valence-corrected chi connectivity index (χ1v) is 6.45. The SMILES string of the molecule is OCCC#Cc1cc(F)cc(OCc2ccc(F)cc2)c1. The van der Waals surface area contributed by atoms with Crippen LogP contribution in [-0.2, 0) is 6.61 Å². The van der Waals surface area contributed by atoms with Crippen LogP contribution >= 0.6 is 0 Å². The second kappa shape index (κ2) is 7.41. The summed E-state index contributed by atoms with van der Waals surface area (Å²) in [7, 11) is 0. The lowest BCUT2D eigenvalue weighted by atomic mass is 10.2. The molecule has 0 saturated carbocycles. The largest absolute Gasteiger partial charge is 0.489 e. The van der Waals surface area contributed by atoms with Crippen LogP contribution in [0.15, 0.2) is 42.5 Å². The Hall–Kier alpha value is -2.38. The summed E-state index contributed by atoms with van der Waals surface area (Å²) in [5.41, 5.74) is 1.27. The average Bonchev–Trinajstić information content (AvgIpc) is 2.46. The highest BCUT2D eigenvalue weighted by atomic mass is 19.1. The molecule has 4 heteroatoms. The van der Waals surface area contributed by atoms with Gasteiger partial charge in [-0.15, -0.1) is 0 Å². The Morgan fingerprint density at radius 1 is 1.00 bits per heavy atom. The molecule has 0 amide bonds. The van der Waals surface area contributed by atoms with Crippen LogP contribution in [0, 0.1) is 23.5 Å². The van der Waals surface area contributed by atoms with Gasteiger partial charge in [-0.05, 0) is 29.8 Å². The molecule has 2 aromatic rings. The molecule has 0 saturated heterocycles. The van der Waals surface area contributed by atoms with Gasteiger partial charge in [-0.3, -0.25) is 0 Å². The van der Waals surface area contributed by atoms with E-state index in [1.165, 1.54) is 24.3 Å². The quantitative estimate of drug-likeness (QED) is 0.875. The maximum absolute atomic E-state index is 13.5. The summed E-state index contributed by atoms with van der Waals surface area (Å²) in [6.45, 7) is 0.184. The first-order chi connectivity index (χ1) is 10.2. The molecule has 0 heterocycles. The molecule has 2 aromatic carbocycles. The summed E-state index contributed by atoms with van der Waals surface area (Å²) < 4.78 is 31.7. The first kappa shape index (κ1) is 15.0. The van der Waals surface area contributed by atoms with Crippen molar-refractivity contribution in [3.8, 4) is 17.6 Å². The van der Waals surface area contributed by atoms with Crippen molar-refractivity contribution in [3.05, 3.63) is 65.2 Å². The molecule has 0 bridgehead atoms. The Labute approximate surface area is 122 Å². The fourth-order valence-corrected chi connectivity index (χ4v) is 1.69. The number of aliphatic hydroxyl groups excluding tert-OH is 1. The average molecular weight is 288 g/mol. The van der Waals surface area contributed by atoms with Crippen LogP contribution in [-0.4, -0.2) is 11.7 Å². The Kier molecular flexibility index (Phi) is 5.30. The molecule has 0 fully saturated rings. The van der Waals surface area contributed by atoms with E-state index in [-0.39, 0.29) is 19.0 Å². The van der Waals surface area contributed by atoms with E-state index in [2.05, 4.69) is 11.8 Å². The Morgan fingerprint density at radius 2 is 1.76 bits per heavy atom. The van der Waals surface area contributed by atoms with Crippen molar-refractivity contribution in [2.24, 2.45) is 0 Å². The van der Waals surface area contributed by atoms with E-state index >= 15 is 0 Å². The van der Waals surface area contributed by atoms with Crippen molar-refractivity contribution >= 4 is 0 Å². The van der Waals surface area contributed by atoms with E-state index in [1.807, 2.05) is 0 Å². The van der Waals surface area contributed by atoms with Gasteiger partial charge in [0.2, 0.25) is 0 Å². The molecular formula is C17H14F2O2. The Bertz CT molecular complexity index is 655. The van der Waals surface area contributed by atoms with Crippen molar-refractivity contribution in [1.29, 1.82) is 0 Å². The summed E-state index contributed by atoms with van der Waals surface area (Å²) in [5, 5.41) is 8.66. The normalized spacial score (nSPS) is 9.86. The van der Waals surface area contributed by atoms with Gasteiger partial charge in [-0.2, -0.15) is 0 Å². The first-order valence-electron chi connectivity index (χ1n) is 6.45. The second-order valence-electron chi connectivity index (χ2n) is 4.37. The third kappa shape index (κ3) is 4.90. The number of hydrogen-bond acceptors (Lipinski definition) is 2. The van der Waals surface area contributed by atoms with Crippen molar-refractivity contribution in [3.63, 3.8) is 0 Å². The number of ether oxygens (including phenoxy) is 1. The van der Waals surface area contributed by atoms with Crippen LogP contribution in [0.2, 0.25) is 0 Å². The number of halogens is 2. The van der Waals surface area contributed by atoms with Crippen LogP contribution < -0.4 is 4.74 Å². The van der Waals surface area contributed by atoms with E-state index < -0.39 is 5.82 Å². The summed E-state index contributed by atoms with van der Waals surface area (Å²) >= 11 is 0. The van der Waals surface area contributed by atoms with Gasteiger partial charge in [0.05, 0.1) is 6.61 Å². The highest BCUT2D eigenvalue weighted by Gasteiger charge is 2.01. The van der Waals surface area contributed by atoms with Crippen molar-refractivity contribution < 1.29 is 18.6 Å². The van der Waals surface area contributed by atoms with E-state index in [0.717, 1.165) is 5.56 Å². The van der Waals surface area contributed by atoms with Gasteiger partial charge < -0.3 is 9.84 Å². The maximum atomic E-state index is 13.5. The molecule has 2 rings (SSSR count). The minimum Gasteiger partial charge on any atom is -0.489 e. The zero-order valence-electron chi connectivity index (χ0n) is 11.3. The van der Waals surface area contributed by atoms with Crippen molar-refractivity contribution in [1.82, 2.24) is 0 Å². The number of aliphatic hydroxyl groups is 1. The molecule has 1 N–H and O–H groups in total. The summed E-state index contributed by atoms with van der Waals surface area (Å²) in [6, 6.07) is 10.1. The van der Waals surface area contributed by atoms with Gasteiger partial charge in [0, 0.05) is 18.1 Å². The number of hydrogen-bond donors (Lipinski definition) is 1. The lowest BCUT2D eigenvalue weighted by Crippen LogP contribution is -1.96. The molecule has 0 radical (unpaired) electrons. The minimum absolute atomic E-state index is 0.0315. The number of rotatable bonds is 4. The van der Waals surface area contributed by atoms with Crippen LogP contribution in [0.1, 0.15) is 17.5 Å². The van der Waals surface area contributed by atoms with E-state index in [9.17, 15) is 8.78 Å². The van der Waals surface area contributed by atoms with Crippen molar-refractivity contribution in [2.45, 2.75) is 13.0 Å². The molecule has 0 atom stereocenters. The van der Waals surface area contributed by atoms with Crippen LogP contribution in [0.25, 0.3) is 0 Å². The highest BCUT2D eigenvalue weighted by molar-refractivity contribution is 5.40. The molecule has 0 aliphatic heterocycles. The monoisotopic (exact) mass is 288 g/mol. The van der Waals surface area contributed by atoms with Gasteiger partial charge in [0.25, 0.3) is 0 Å². The molecule has 0 aliphatic rings. The second-order valence-corrected chi connectivity index (χ2v) is 4.37. The lowest BCUT2D eigenvalue weighted by molar-refractivity contribution is 0.304. The standard InChI is InChI=1S/C17H14F2O2/c18-15-6-4-13(5-7-15)12-21-17-10-14(3-1-2-8-20)9-16(19)11-17/h4-7,9-11,20H,2,8,12H2. The summed E-state index contributed by atoms with van der Waals surface area (Å²) in [4.78, 5) is 0. The van der Waals surface area contributed by atoms with Gasteiger partial charge in [0.1, 0.15) is 24.0 Å². The Morgan fingerprint density at radius 3 is 2.48 bits per heavy atom. The molecule has 0 aliphatic carbocycles. The molecule has 0 aromatic heterocycles. The predicted octanol–water partition coefficient (Wildman–Crippen LogP) is 3.28. The molecule has 0 spiro atoms. The molecule has 0 unspecified atom stereocenters. The highest BCUT2D eigenvalue weighted by Crippen LogP contribution is 2.17. The fraction of sp³-hybridized carbons (Fsp3) is 0.176. The van der Waals surface area contributed by atoms with Crippen LogP contribution in [0.3, 0.4) is 0 Å². The predicted molar refractivity (Wildman–Crippen MR) is 75.7 cm³/mol. The third-order valence-electron chi connectivity index (χ3n) is 2.66. The van der Waals surface area contributed by atoms with E-state index in [4.69, 9.17) is 9.84 Å².